The van der Waals surface area contributed by atoms with Crippen LogP contribution in [0.25, 0.3) is 0 Å². The summed E-state index contributed by atoms with van der Waals surface area (Å²) in [5.74, 6) is 0.468. The number of para-hydroxylation sites is 3. The predicted octanol–water partition coefficient (Wildman–Crippen LogP) is 3.88. The molecule has 2 amide bonds. The molecule has 0 spiro atoms. The molecule has 2 N–H and O–H groups in total. The average molecular weight is 397 g/mol. The number of anilines is 1. The van der Waals surface area contributed by atoms with Crippen molar-refractivity contribution >= 4 is 17.7 Å². The second-order valence-corrected chi connectivity index (χ2v) is 7.02. The zero-order valence-corrected chi connectivity index (χ0v) is 16.6. The number of aliphatic carboxylic acids is 1. The van der Waals surface area contributed by atoms with E-state index in [9.17, 15) is 9.59 Å². The normalized spacial score (nSPS) is 14.6. The molecule has 3 rings (SSSR count). The van der Waals surface area contributed by atoms with Gasteiger partial charge in [-0.15, -0.1) is 0 Å². The first-order valence-electron chi connectivity index (χ1n) is 9.90. The molecule has 0 bridgehead atoms. The average Bonchev–Trinajstić information content (AvgIpc) is 2.74. The number of likely N-dealkylation sites (tertiary alicyclic amines) is 1. The molecule has 1 fully saturated rings. The molecule has 2 aromatic rings. The largest absolute Gasteiger partial charge is 0.480 e. The van der Waals surface area contributed by atoms with Crippen LogP contribution in [0.15, 0.2) is 54.6 Å². The van der Waals surface area contributed by atoms with Crippen LogP contribution in [0.1, 0.15) is 19.8 Å². The van der Waals surface area contributed by atoms with Crippen LogP contribution in [-0.2, 0) is 4.79 Å². The Kier molecular flexibility index (Phi) is 7.08. The molecule has 1 heterocycles. The summed E-state index contributed by atoms with van der Waals surface area (Å²) < 4.78 is 5.90. The number of nitrogens with one attached hydrogen (secondary N) is 1. The van der Waals surface area contributed by atoms with Crippen molar-refractivity contribution in [1.82, 2.24) is 9.80 Å². The fraction of sp³-hybridized carbons (Fsp3) is 0.364. The van der Waals surface area contributed by atoms with Gasteiger partial charge in [-0.3, -0.25) is 9.69 Å². The van der Waals surface area contributed by atoms with Gasteiger partial charge in [0.1, 0.15) is 5.75 Å². The number of carboxylic acids is 1. The summed E-state index contributed by atoms with van der Waals surface area (Å²) in [5.41, 5.74) is 0.615. The first kappa shape index (κ1) is 20.7. The summed E-state index contributed by atoms with van der Waals surface area (Å²) in [6.07, 6.45) is 1.52. The maximum Gasteiger partial charge on any atom is 0.321 e. The third kappa shape index (κ3) is 5.71. The number of hydrogen-bond donors (Lipinski definition) is 2. The lowest BCUT2D eigenvalue weighted by atomic mass is 10.0. The van der Waals surface area contributed by atoms with E-state index in [4.69, 9.17) is 9.84 Å². The Bertz CT molecular complexity index is 820. The third-order valence-corrected chi connectivity index (χ3v) is 5.11. The maximum absolute atomic E-state index is 12.7. The molecular weight excluding hydrogens is 370 g/mol. The molecule has 0 radical (unpaired) electrons. The van der Waals surface area contributed by atoms with Gasteiger partial charge in [-0.2, -0.15) is 0 Å². The molecule has 1 aliphatic rings. The van der Waals surface area contributed by atoms with Crippen molar-refractivity contribution in [1.29, 1.82) is 0 Å². The molecule has 1 saturated heterocycles. The van der Waals surface area contributed by atoms with E-state index in [0.29, 0.717) is 36.8 Å². The van der Waals surface area contributed by atoms with Crippen LogP contribution in [0.2, 0.25) is 0 Å². The Labute approximate surface area is 170 Å². The quantitative estimate of drug-likeness (QED) is 0.741. The van der Waals surface area contributed by atoms with Crippen LogP contribution in [0.5, 0.6) is 11.5 Å². The summed E-state index contributed by atoms with van der Waals surface area (Å²) in [6.45, 7) is 3.87. The Morgan fingerprint density at radius 2 is 1.76 bits per heavy atom. The number of urea groups is 1. The number of nitrogens with zero attached hydrogens (tertiary/aromatic N) is 2. The number of benzene rings is 2. The molecule has 29 heavy (non-hydrogen) atoms. The summed E-state index contributed by atoms with van der Waals surface area (Å²) in [5, 5.41) is 12.0. The highest BCUT2D eigenvalue weighted by molar-refractivity contribution is 5.91. The highest BCUT2D eigenvalue weighted by Crippen LogP contribution is 2.29. The van der Waals surface area contributed by atoms with Crippen LogP contribution in [0.3, 0.4) is 0 Å². The van der Waals surface area contributed by atoms with Gasteiger partial charge in [-0.25, -0.2) is 4.79 Å². The van der Waals surface area contributed by atoms with Gasteiger partial charge in [0.25, 0.3) is 0 Å². The van der Waals surface area contributed by atoms with E-state index in [0.717, 1.165) is 12.8 Å². The van der Waals surface area contributed by atoms with E-state index in [1.165, 1.54) is 0 Å². The fourth-order valence-electron chi connectivity index (χ4n) is 3.58. The van der Waals surface area contributed by atoms with Gasteiger partial charge in [0.15, 0.2) is 5.75 Å². The van der Waals surface area contributed by atoms with Crippen LogP contribution < -0.4 is 10.1 Å². The number of rotatable bonds is 7. The van der Waals surface area contributed by atoms with Gasteiger partial charge in [0, 0.05) is 19.1 Å². The number of amides is 2. The van der Waals surface area contributed by atoms with E-state index in [1.54, 1.807) is 4.90 Å². The first-order valence-corrected chi connectivity index (χ1v) is 9.90. The van der Waals surface area contributed by atoms with Gasteiger partial charge in [0.05, 0.1) is 12.2 Å². The van der Waals surface area contributed by atoms with Gasteiger partial charge < -0.3 is 20.1 Å². The van der Waals surface area contributed by atoms with Crippen LogP contribution in [0, 0.1) is 0 Å². The Morgan fingerprint density at radius 3 is 2.41 bits per heavy atom. The van der Waals surface area contributed by atoms with E-state index < -0.39 is 5.97 Å². The van der Waals surface area contributed by atoms with Crippen molar-refractivity contribution in [3.8, 4) is 11.5 Å². The second-order valence-electron chi connectivity index (χ2n) is 7.02. The number of carbonyl (C=O) groups is 2. The molecule has 7 heteroatoms. The summed E-state index contributed by atoms with van der Waals surface area (Å²) >= 11 is 0. The van der Waals surface area contributed by atoms with Crippen molar-refractivity contribution in [2.45, 2.75) is 25.8 Å². The Balaban J connectivity index is 1.58. The van der Waals surface area contributed by atoms with Crippen molar-refractivity contribution in [2.24, 2.45) is 0 Å². The summed E-state index contributed by atoms with van der Waals surface area (Å²) in [4.78, 5) is 27.5. The predicted molar refractivity (Wildman–Crippen MR) is 111 cm³/mol. The maximum atomic E-state index is 12.7. The molecule has 1 aliphatic heterocycles. The van der Waals surface area contributed by atoms with Crippen LogP contribution >= 0.6 is 0 Å². The molecule has 0 unspecified atom stereocenters. The zero-order valence-electron chi connectivity index (χ0n) is 16.6. The first-order chi connectivity index (χ1) is 14.1. The van der Waals surface area contributed by atoms with Crippen molar-refractivity contribution in [2.75, 3.05) is 31.5 Å². The van der Waals surface area contributed by atoms with Crippen molar-refractivity contribution < 1.29 is 19.4 Å². The molecule has 7 nitrogen and oxygen atoms in total. The van der Waals surface area contributed by atoms with E-state index in [-0.39, 0.29) is 18.6 Å². The smallest absolute Gasteiger partial charge is 0.321 e. The number of carbonyl (C=O) groups excluding carboxylic acids is 1. The Hall–Kier alpha value is -3.06. The molecular formula is C22H27N3O4. The van der Waals surface area contributed by atoms with E-state index >= 15 is 0 Å². The standard InChI is InChI=1S/C22H27N3O4/c1-2-24(16-21(26)27)17-12-14-25(15-13-17)22(28)23-19-10-6-7-11-20(19)29-18-8-4-3-5-9-18/h3-11,17H,2,12-16H2,1H3,(H,23,28)(H,26,27). The molecule has 0 aromatic heterocycles. The van der Waals surface area contributed by atoms with Crippen LogP contribution in [0.4, 0.5) is 10.5 Å². The third-order valence-electron chi connectivity index (χ3n) is 5.11. The van der Waals surface area contributed by atoms with E-state index in [1.807, 2.05) is 66.4 Å². The highest BCUT2D eigenvalue weighted by atomic mass is 16.5. The Morgan fingerprint density at radius 1 is 1.10 bits per heavy atom. The van der Waals surface area contributed by atoms with Gasteiger partial charge in [-0.1, -0.05) is 37.3 Å². The fourth-order valence-corrected chi connectivity index (χ4v) is 3.58. The minimum Gasteiger partial charge on any atom is -0.480 e. The summed E-state index contributed by atoms with van der Waals surface area (Å²) in [7, 11) is 0. The lowest BCUT2D eigenvalue weighted by Crippen LogP contribution is -2.49. The number of piperidine rings is 1. The molecule has 0 aliphatic carbocycles. The zero-order chi connectivity index (χ0) is 20.6. The number of carboxylic acid groups (broad SMARTS) is 1. The van der Waals surface area contributed by atoms with E-state index in [2.05, 4.69) is 5.32 Å². The highest BCUT2D eigenvalue weighted by Gasteiger charge is 2.27. The lowest BCUT2D eigenvalue weighted by Gasteiger charge is -2.37. The molecule has 2 aromatic carbocycles. The van der Waals surface area contributed by atoms with Gasteiger partial charge in [-0.05, 0) is 43.7 Å². The molecule has 0 saturated carbocycles. The van der Waals surface area contributed by atoms with Gasteiger partial charge in [0.2, 0.25) is 0 Å². The lowest BCUT2D eigenvalue weighted by molar-refractivity contribution is -0.139. The number of likely N-dealkylation sites (N-methyl/N-ethyl adjacent to an activating group) is 1. The topological polar surface area (TPSA) is 82.1 Å². The molecule has 154 valence electrons. The number of hydrogen-bond acceptors (Lipinski definition) is 4. The number of ether oxygens (including phenoxy) is 1. The minimum absolute atomic E-state index is 0.0392. The van der Waals surface area contributed by atoms with Crippen LogP contribution in [-0.4, -0.2) is 59.1 Å². The SMILES string of the molecule is CCN(CC(=O)O)C1CCN(C(=O)Nc2ccccc2Oc2ccccc2)CC1. The monoisotopic (exact) mass is 397 g/mol. The summed E-state index contributed by atoms with van der Waals surface area (Å²) in [6, 6.07) is 16.8. The van der Waals surface area contributed by atoms with Crippen molar-refractivity contribution in [3.05, 3.63) is 54.6 Å². The minimum atomic E-state index is -0.818. The molecule has 0 atom stereocenters. The van der Waals surface area contributed by atoms with Crippen molar-refractivity contribution in [3.63, 3.8) is 0 Å². The second kappa shape index (κ2) is 9.93. The van der Waals surface area contributed by atoms with Gasteiger partial charge >= 0.3 is 12.0 Å².